The van der Waals surface area contributed by atoms with Gasteiger partial charge in [0.05, 0.1) is 5.02 Å². The number of pyridine rings is 1. The Hall–Kier alpha value is -0.640. The van der Waals surface area contributed by atoms with Crippen molar-refractivity contribution in [3.63, 3.8) is 0 Å². The number of hydrogen-bond donors (Lipinski definition) is 1. The monoisotopic (exact) mass is 281 g/mol. The second-order valence-electron chi connectivity index (χ2n) is 5.41. The summed E-state index contributed by atoms with van der Waals surface area (Å²) in [4.78, 5) is 6.56. The minimum absolute atomic E-state index is 0.779. The fourth-order valence-electron chi connectivity index (χ4n) is 2.72. The molecule has 0 aliphatic carbocycles. The lowest BCUT2D eigenvalue weighted by Crippen LogP contribution is -2.39. The molecule has 1 N–H and O–H groups in total. The van der Waals surface area contributed by atoms with E-state index in [1.54, 1.807) is 6.20 Å². The molecule has 1 saturated heterocycles. The van der Waals surface area contributed by atoms with E-state index in [4.69, 9.17) is 11.6 Å². The van der Waals surface area contributed by atoms with Crippen molar-refractivity contribution in [2.75, 3.05) is 26.2 Å². The van der Waals surface area contributed by atoms with Gasteiger partial charge in [0.2, 0.25) is 0 Å². The molecule has 106 valence electrons. The number of nitrogens with zero attached hydrogens (tertiary/aromatic N) is 2. The summed E-state index contributed by atoms with van der Waals surface area (Å²) in [5, 5.41) is 4.32. The van der Waals surface area contributed by atoms with Crippen LogP contribution in [0.5, 0.6) is 0 Å². The van der Waals surface area contributed by atoms with Gasteiger partial charge in [-0.05, 0) is 56.4 Å². The van der Waals surface area contributed by atoms with Crippen LogP contribution in [-0.2, 0) is 6.54 Å². The van der Waals surface area contributed by atoms with E-state index in [-0.39, 0.29) is 0 Å². The van der Waals surface area contributed by atoms with Gasteiger partial charge in [0.15, 0.2) is 0 Å². The Morgan fingerprint density at radius 2 is 2.42 bits per heavy atom. The van der Waals surface area contributed by atoms with Crippen LogP contribution in [0.4, 0.5) is 0 Å². The summed E-state index contributed by atoms with van der Waals surface area (Å²) in [6, 6.07) is 2.03. The first-order valence-corrected chi connectivity index (χ1v) is 7.69. The quantitative estimate of drug-likeness (QED) is 0.813. The number of hydrogen-bond acceptors (Lipinski definition) is 3. The van der Waals surface area contributed by atoms with E-state index in [0.29, 0.717) is 0 Å². The summed E-state index contributed by atoms with van der Waals surface area (Å²) >= 11 is 6.18. The molecule has 0 amide bonds. The molecule has 0 aromatic carbocycles. The molecule has 1 aromatic heterocycles. The van der Waals surface area contributed by atoms with Crippen molar-refractivity contribution in [3.8, 4) is 0 Å². The van der Waals surface area contributed by atoms with Gasteiger partial charge in [0, 0.05) is 25.5 Å². The number of likely N-dealkylation sites (tertiary alicyclic amines) is 1. The molecule has 1 aromatic rings. The highest BCUT2D eigenvalue weighted by atomic mass is 35.5. The average Bonchev–Trinajstić information content (AvgIpc) is 2.42. The molecule has 0 saturated carbocycles. The van der Waals surface area contributed by atoms with Crippen molar-refractivity contribution in [2.45, 2.75) is 32.7 Å². The number of nitrogens with one attached hydrogen (secondary N) is 1. The molecule has 1 aliphatic rings. The van der Waals surface area contributed by atoms with E-state index in [2.05, 4.69) is 22.1 Å². The first kappa shape index (κ1) is 14.8. The predicted molar refractivity (Wildman–Crippen MR) is 80.4 cm³/mol. The van der Waals surface area contributed by atoms with Gasteiger partial charge in [0.25, 0.3) is 0 Å². The second kappa shape index (κ2) is 7.83. The Kier molecular flexibility index (Phi) is 6.08. The summed E-state index contributed by atoms with van der Waals surface area (Å²) in [5.74, 6) is 0.779. The zero-order valence-corrected chi connectivity index (χ0v) is 12.5. The largest absolute Gasteiger partial charge is 0.316 e. The van der Waals surface area contributed by atoms with Crippen molar-refractivity contribution < 1.29 is 0 Å². The molecular formula is C15H24ClN3. The SMILES string of the molecule is CCCNCC1CCCN(Cc2ccncc2Cl)C1. The Labute approximate surface area is 121 Å². The van der Waals surface area contributed by atoms with Gasteiger partial charge < -0.3 is 5.32 Å². The van der Waals surface area contributed by atoms with Crippen molar-refractivity contribution in [2.24, 2.45) is 5.92 Å². The van der Waals surface area contributed by atoms with Gasteiger partial charge in [-0.1, -0.05) is 18.5 Å². The van der Waals surface area contributed by atoms with Crippen molar-refractivity contribution in [1.29, 1.82) is 0 Å². The van der Waals surface area contributed by atoms with E-state index < -0.39 is 0 Å². The van der Waals surface area contributed by atoms with Crippen LogP contribution in [-0.4, -0.2) is 36.1 Å². The molecule has 19 heavy (non-hydrogen) atoms. The third-order valence-electron chi connectivity index (χ3n) is 3.71. The van der Waals surface area contributed by atoms with E-state index in [0.717, 1.165) is 30.6 Å². The van der Waals surface area contributed by atoms with Gasteiger partial charge in [-0.15, -0.1) is 0 Å². The molecule has 0 spiro atoms. The van der Waals surface area contributed by atoms with Crippen LogP contribution in [0.2, 0.25) is 5.02 Å². The highest BCUT2D eigenvalue weighted by molar-refractivity contribution is 6.31. The first-order valence-electron chi connectivity index (χ1n) is 7.31. The molecule has 2 rings (SSSR count). The van der Waals surface area contributed by atoms with Crippen molar-refractivity contribution in [1.82, 2.24) is 15.2 Å². The van der Waals surface area contributed by atoms with Crippen LogP contribution in [0.1, 0.15) is 31.7 Å². The normalized spacial score (nSPS) is 20.6. The van der Waals surface area contributed by atoms with Crippen LogP contribution < -0.4 is 5.32 Å². The smallest absolute Gasteiger partial charge is 0.0634 e. The molecular weight excluding hydrogens is 258 g/mol. The van der Waals surface area contributed by atoms with E-state index in [1.807, 2.05) is 12.3 Å². The fraction of sp³-hybridized carbons (Fsp3) is 0.667. The van der Waals surface area contributed by atoms with Crippen LogP contribution in [0.15, 0.2) is 18.5 Å². The van der Waals surface area contributed by atoms with Gasteiger partial charge in [-0.3, -0.25) is 9.88 Å². The van der Waals surface area contributed by atoms with Crippen molar-refractivity contribution >= 4 is 11.6 Å². The molecule has 1 unspecified atom stereocenters. The van der Waals surface area contributed by atoms with Crippen LogP contribution >= 0.6 is 11.6 Å². The Morgan fingerprint density at radius 1 is 1.53 bits per heavy atom. The maximum atomic E-state index is 6.18. The molecule has 1 atom stereocenters. The highest BCUT2D eigenvalue weighted by Crippen LogP contribution is 2.21. The highest BCUT2D eigenvalue weighted by Gasteiger charge is 2.20. The molecule has 3 nitrogen and oxygen atoms in total. The number of piperidine rings is 1. The maximum Gasteiger partial charge on any atom is 0.0634 e. The molecule has 4 heteroatoms. The van der Waals surface area contributed by atoms with E-state index in [9.17, 15) is 0 Å². The Balaban J connectivity index is 1.82. The number of aromatic nitrogens is 1. The standard InChI is InChI=1S/C15H24ClN3/c1-2-6-17-9-13-4-3-8-19(11-13)12-14-5-7-18-10-15(14)16/h5,7,10,13,17H,2-4,6,8-9,11-12H2,1H3. The lowest BCUT2D eigenvalue weighted by molar-refractivity contribution is 0.165. The van der Waals surface area contributed by atoms with Gasteiger partial charge in [-0.2, -0.15) is 0 Å². The van der Waals surface area contributed by atoms with E-state index in [1.165, 1.54) is 37.9 Å². The number of halogens is 1. The predicted octanol–water partition coefficient (Wildman–Crippen LogP) is 2.95. The second-order valence-corrected chi connectivity index (χ2v) is 5.82. The number of rotatable bonds is 6. The van der Waals surface area contributed by atoms with Gasteiger partial charge in [0.1, 0.15) is 0 Å². The van der Waals surface area contributed by atoms with Crippen LogP contribution in [0, 0.1) is 5.92 Å². The molecule has 1 fully saturated rings. The first-order chi connectivity index (χ1) is 9.29. The average molecular weight is 282 g/mol. The third-order valence-corrected chi connectivity index (χ3v) is 4.05. The Bertz CT molecular complexity index is 383. The summed E-state index contributed by atoms with van der Waals surface area (Å²) in [5.41, 5.74) is 1.19. The van der Waals surface area contributed by atoms with Gasteiger partial charge in [-0.25, -0.2) is 0 Å². The zero-order valence-electron chi connectivity index (χ0n) is 11.7. The fourth-order valence-corrected chi connectivity index (χ4v) is 2.90. The van der Waals surface area contributed by atoms with Crippen molar-refractivity contribution in [3.05, 3.63) is 29.0 Å². The van der Waals surface area contributed by atoms with Gasteiger partial charge >= 0.3 is 0 Å². The molecule has 0 bridgehead atoms. The van der Waals surface area contributed by atoms with Crippen LogP contribution in [0.25, 0.3) is 0 Å². The minimum atomic E-state index is 0.779. The zero-order chi connectivity index (χ0) is 13.5. The molecule has 0 radical (unpaired) electrons. The summed E-state index contributed by atoms with van der Waals surface area (Å²) < 4.78 is 0. The Morgan fingerprint density at radius 3 is 3.21 bits per heavy atom. The summed E-state index contributed by atoms with van der Waals surface area (Å²) in [6.45, 7) is 7.80. The third kappa shape index (κ3) is 4.75. The maximum absolute atomic E-state index is 6.18. The van der Waals surface area contributed by atoms with E-state index >= 15 is 0 Å². The van der Waals surface area contributed by atoms with Crippen LogP contribution in [0.3, 0.4) is 0 Å². The lowest BCUT2D eigenvalue weighted by atomic mass is 9.97. The minimum Gasteiger partial charge on any atom is -0.316 e. The lowest BCUT2D eigenvalue weighted by Gasteiger charge is -2.33. The molecule has 1 aliphatic heterocycles. The summed E-state index contributed by atoms with van der Waals surface area (Å²) in [7, 11) is 0. The topological polar surface area (TPSA) is 28.2 Å². The molecule has 2 heterocycles. The summed E-state index contributed by atoms with van der Waals surface area (Å²) in [6.07, 6.45) is 7.41.